The van der Waals surface area contributed by atoms with E-state index in [2.05, 4.69) is 56.1 Å². The van der Waals surface area contributed by atoms with Crippen LogP contribution in [0.25, 0.3) is 0 Å². The van der Waals surface area contributed by atoms with Gasteiger partial charge in [-0.1, -0.05) is 12.1 Å². The number of fused-ring (bicyclic) bond motifs is 1. The van der Waals surface area contributed by atoms with E-state index in [-0.39, 0.29) is 17.8 Å². The van der Waals surface area contributed by atoms with E-state index < -0.39 is 0 Å². The predicted molar refractivity (Wildman–Crippen MR) is 142 cm³/mol. The monoisotopic (exact) mass is 493 g/mol. The number of aromatic nitrogens is 1. The zero-order valence-corrected chi connectivity index (χ0v) is 22.1. The Balaban J connectivity index is 1.59. The molecule has 4 rings (SSSR count). The van der Waals surface area contributed by atoms with Crippen LogP contribution in [-0.2, 0) is 28.9 Å². The van der Waals surface area contributed by atoms with Crippen molar-refractivity contribution < 1.29 is 9.47 Å². The average molecular weight is 494 g/mol. The SMILES string of the molecule is CC(=N)Nc1ccc(CCSc2nc(N3CC(C)OC(C)C3)c3c(c2C#N)CC(C)(C)OC3)cc1. The Kier molecular flexibility index (Phi) is 7.70. The second kappa shape index (κ2) is 10.6. The number of amidine groups is 1. The summed E-state index contributed by atoms with van der Waals surface area (Å²) in [5.41, 5.74) is 4.65. The van der Waals surface area contributed by atoms with Crippen molar-refractivity contribution in [3.8, 4) is 6.07 Å². The molecule has 2 atom stereocenters. The third kappa shape index (κ3) is 6.16. The molecule has 0 bridgehead atoms. The minimum atomic E-state index is -0.310. The van der Waals surface area contributed by atoms with Crippen LogP contribution in [0.3, 0.4) is 0 Å². The molecule has 2 aromatic rings. The van der Waals surface area contributed by atoms with Crippen molar-refractivity contribution in [3.05, 3.63) is 46.5 Å². The molecule has 0 spiro atoms. The predicted octanol–water partition coefficient (Wildman–Crippen LogP) is 5.16. The molecular weight excluding hydrogens is 458 g/mol. The number of benzene rings is 1. The van der Waals surface area contributed by atoms with Crippen LogP contribution in [0.15, 0.2) is 29.3 Å². The smallest absolute Gasteiger partial charge is 0.135 e. The van der Waals surface area contributed by atoms with Crippen LogP contribution < -0.4 is 10.2 Å². The van der Waals surface area contributed by atoms with Gasteiger partial charge in [0.1, 0.15) is 16.9 Å². The second-order valence-electron chi connectivity index (χ2n) is 10.1. The van der Waals surface area contributed by atoms with Gasteiger partial charge in [0.15, 0.2) is 0 Å². The number of anilines is 2. The average Bonchev–Trinajstić information content (AvgIpc) is 2.78. The van der Waals surface area contributed by atoms with Gasteiger partial charge in [-0.3, -0.25) is 5.41 Å². The van der Waals surface area contributed by atoms with Gasteiger partial charge in [0.05, 0.1) is 35.8 Å². The summed E-state index contributed by atoms with van der Waals surface area (Å²) < 4.78 is 12.1. The van der Waals surface area contributed by atoms with Gasteiger partial charge in [-0.2, -0.15) is 5.26 Å². The Morgan fingerprint density at radius 1 is 1.23 bits per heavy atom. The van der Waals surface area contributed by atoms with E-state index in [0.29, 0.717) is 24.4 Å². The van der Waals surface area contributed by atoms with Crippen molar-refractivity contribution in [2.24, 2.45) is 0 Å². The van der Waals surface area contributed by atoms with Crippen LogP contribution in [0.4, 0.5) is 11.5 Å². The van der Waals surface area contributed by atoms with Crippen LogP contribution in [-0.4, -0.2) is 47.5 Å². The minimum Gasteiger partial charge on any atom is -0.372 e. The lowest BCUT2D eigenvalue weighted by atomic mass is 9.89. The van der Waals surface area contributed by atoms with Crippen LogP contribution in [0.2, 0.25) is 0 Å². The molecule has 1 aromatic heterocycles. The van der Waals surface area contributed by atoms with E-state index in [4.69, 9.17) is 19.9 Å². The zero-order valence-electron chi connectivity index (χ0n) is 21.3. The number of nitrogens with zero attached hydrogens (tertiary/aromatic N) is 3. The highest BCUT2D eigenvalue weighted by Crippen LogP contribution is 2.39. The highest BCUT2D eigenvalue weighted by atomic mass is 32.2. The molecular formula is C27H35N5O2S. The normalized spacial score (nSPS) is 21.2. The van der Waals surface area contributed by atoms with Gasteiger partial charge < -0.3 is 19.7 Å². The summed E-state index contributed by atoms with van der Waals surface area (Å²) in [5.74, 6) is 2.19. The molecule has 2 N–H and O–H groups in total. The lowest BCUT2D eigenvalue weighted by Gasteiger charge is -2.40. The molecule has 2 aliphatic heterocycles. The molecule has 35 heavy (non-hydrogen) atoms. The number of aryl methyl sites for hydroxylation is 1. The van der Waals surface area contributed by atoms with E-state index in [9.17, 15) is 5.26 Å². The van der Waals surface area contributed by atoms with E-state index in [1.54, 1.807) is 18.7 Å². The molecule has 0 amide bonds. The summed E-state index contributed by atoms with van der Waals surface area (Å²) in [6.07, 6.45) is 1.81. The highest BCUT2D eigenvalue weighted by Gasteiger charge is 2.34. The largest absolute Gasteiger partial charge is 0.372 e. The quantitative estimate of drug-likeness (QED) is 0.326. The van der Waals surface area contributed by atoms with Crippen molar-refractivity contribution in [3.63, 3.8) is 0 Å². The molecule has 0 radical (unpaired) electrons. The number of pyridine rings is 1. The van der Waals surface area contributed by atoms with Gasteiger partial charge >= 0.3 is 0 Å². The van der Waals surface area contributed by atoms with Gasteiger partial charge in [-0.05, 0) is 64.3 Å². The van der Waals surface area contributed by atoms with Crippen LogP contribution in [0.5, 0.6) is 0 Å². The Bertz CT molecular complexity index is 1120. The number of rotatable bonds is 6. The van der Waals surface area contributed by atoms with Crippen molar-refractivity contribution in [1.82, 2.24) is 4.98 Å². The maximum Gasteiger partial charge on any atom is 0.135 e. The molecule has 2 aliphatic rings. The lowest BCUT2D eigenvalue weighted by Crippen LogP contribution is -2.47. The van der Waals surface area contributed by atoms with E-state index >= 15 is 0 Å². The molecule has 1 aromatic carbocycles. The van der Waals surface area contributed by atoms with Crippen LogP contribution in [0, 0.1) is 16.7 Å². The number of nitrogens with one attached hydrogen (secondary N) is 2. The number of hydrogen-bond acceptors (Lipinski definition) is 7. The summed E-state index contributed by atoms with van der Waals surface area (Å²) in [5, 5.41) is 21.5. The summed E-state index contributed by atoms with van der Waals surface area (Å²) in [7, 11) is 0. The Hall–Kier alpha value is -2.60. The van der Waals surface area contributed by atoms with Crippen LogP contribution in [0.1, 0.15) is 56.9 Å². The summed E-state index contributed by atoms with van der Waals surface area (Å²) in [4.78, 5) is 7.38. The van der Waals surface area contributed by atoms with E-state index in [0.717, 1.165) is 52.9 Å². The molecule has 0 saturated carbocycles. The fourth-order valence-corrected chi connectivity index (χ4v) is 5.79. The molecule has 7 nitrogen and oxygen atoms in total. The number of thioether (sulfide) groups is 1. The molecule has 3 heterocycles. The first-order valence-corrected chi connectivity index (χ1v) is 13.2. The summed E-state index contributed by atoms with van der Waals surface area (Å²) in [6, 6.07) is 10.6. The van der Waals surface area contributed by atoms with Crippen molar-refractivity contribution in [2.45, 2.75) is 76.9 Å². The zero-order chi connectivity index (χ0) is 25.2. The Morgan fingerprint density at radius 2 is 1.91 bits per heavy atom. The molecule has 8 heteroatoms. The first-order valence-electron chi connectivity index (χ1n) is 12.2. The summed E-state index contributed by atoms with van der Waals surface area (Å²) >= 11 is 1.65. The number of ether oxygens (including phenoxy) is 2. The van der Waals surface area contributed by atoms with Crippen molar-refractivity contribution in [1.29, 1.82) is 10.7 Å². The summed E-state index contributed by atoms with van der Waals surface area (Å²) in [6.45, 7) is 12.1. The first-order chi connectivity index (χ1) is 16.6. The molecule has 1 saturated heterocycles. The van der Waals surface area contributed by atoms with E-state index in [1.165, 1.54) is 5.56 Å². The Morgan fingerprint density at radius 3 is 2.54 bits per heavy atom. The maximum absolute atomic E-state index is 10.1. The van der Waals surface area contributed by atoms with Gasteiger partial charge in [-0.15, -0.1) is 11.8 Å². The van der Waals surface area contributed by atoms with Crippen molar-refractivity contribution >= 4 is 29.1 Å². The Labute approximate surface area is 212 Å². The second-order valence-corrected chi connectivity index (χ2v) is 11.2. The lowest BCUT2D eigenvalue weighted by molar-refractivity contribution is -0.0407. The van der Waals surface area contributed by atoms with Gasteiger partial charge in [0.2, 0.25) is 0 Å². The molecule has 0 aliphatic carbocycles. The minimum absolute atomic E-state index is 0.123. The molecule has 186 valence electrons. The van der Waals surface area contributed by atoms with Crippen LogP contribution >= 0.6 is 11.8 Å². The fourth-order valence-electron chi connectivity index (χ4n) is 4.79. The molecule has 2 unspecified atom stereocenters. The van der Waals surface area contributed by atoms with Gasteiger partial charge in [0, 0.05) is 36.5 Å². The van der Waals surface area contributed by atoms with Gasteiger partial charge in [0.25, 0.3) is 0 Å². The highest BCUT2D eigenvalue weighted by molar-refractivity contribution is 7.99. The third-order valence-electron chi connectivity index (χ3n) is 6.31. The number of morpholine rings is 1. The fraction of sp³-hybridized carbons (Fsp3) is 0.519. The first kappa shape index (κ1) is 25.5. The maximum atomic E-state index is 10.1. The topological polar surface area (TPSA) is 94.3 Å². The van der Waals surface area contributed by atoms with E-state index in [1.807, 2.05) is 12.1 Å². The molecule has 1 fully saturated rings. The third-order valence-corrected chi connectivity index (χ3v) is 7.29. The number of nitriles is 1. The van der Waals surface area contributed by atoms with Crippen molar-refractivity contribution in [2.75, 3.05) is 29.1 Å². The standard InChI is InChI=1S/C27H35N5O2S/c1-17-14-32(15-18(2)34-17)25-24-16-33-27(4,5)12-22(24)23(13-28)26(31-25)35-11-10-20-6-8-21(9-7-20)30-19(3)29/h6-9,17-18H,10-12,14-16H2,1-5H3,(H2,29,30). The number of hydrogen-bond donors (Lipinski definition) is 2. The van der Waals surface area contributed by atoms with Gasteiger partial charge in [-0.25, -0.2) is 4.98 Å².